The normalized spacial score (nSPS) is 19.3. The minimum absolute atomic E-state index is 0.0669. The molecule has 11 heteroatoms. The van der Waals surface area contributed by atoms with Crippen LogP contribution in [0.2, 0.25) is 0 Å². The van der Waals surface area contributed by atoms with E-state index in [2.05, 4.69) is 15.2 Å². The molecule has 2 amide bonds. The number of ether oxygens (including phenoxy) is 1. The molecule has 0 radical (unpaired) electrons. The van der Waals surface area contributed by atoms with Crippen molar-refractivity contribution in [3.8, 4) is 0 Å². The van der Waals surface area contributed by atoms with E-state index in [1.807, 2.05) is 24.3 Å². The van der Waals surface area contributed by atoms with E-state index < -0.39 is 11.8 Å². The maximum atomic E-state index is 13.2. The molecule has 1 aromatic heterocycles. The van der Waals surface area contributed by atoms with Crippen LogP contribution in [0.1, 0.15) is 25.7 Å². The number of H-pyrrole nitrogens is 1. The van der Waals surface area contributed by atoms with Crippen molar-refractivity contribution < 1.29 is 14.3 Å². The van der Waals surface area contributed by atoms with Crippen LogP contribution in [0.25, 0.3) is 10.9 Å². The van der Waals surface area contributed by atoms with Crippen LogP contribution >= 0.6 is 11.8 Å². The van der Waals surface area contributed by atoms with Crippen LogP contribution in [-0.4, -0.2) is 53.0 Å². The van der Waals surface area contributed by atoms with Crippen LogP contribution in [0.5, 0.6) is 0 Å². The zero-order chi connectivity index (χ0) is 25.5. The number of hydrogen-bond acceptors (Lipinski definition) is 7. The molecule has 2 N–H and O–H groups in total. The van der Waals surface area contributed by atoms with Crippen molar-refractivity contribution in [1.29, 1.82) is 0 Å². The van der Waals surface area contributed by atoms with Crippen LogP contribution in [0.4, 0.5) is 21.9 Å². The largest absolute Gasteiger partial charge is 0.444 e. The molecular formula is C26H27N5O5S. The van der Waals surface area contributed by atoms with Crippen LogP contribution in [0.15, 0.2) is 50.9 Å². The van der Waals surface area contributed by atoms with Crippen molar-refractivity contribution >= 4 is 51.7 Å². The minimum Gasteiger partial charge on any atom is -0.444 e. The van der Waals surface area contributed by atoms with Crippen molar-refractivity contribution in [1.82, 2.24) is 9.55 Å². The van der Waals surface area contributed by atoms with E-state index in [1.54, 1.807) is 17.0 Å². The zero-order valence-corrected chi connectivity index (χ0v) is 21.0. The maximum absolute atomic E-state index is 13.2. The molecule has 0 bridgehead atoms. The lowest BCUT2D eigenvalue weighted by molar-refractivity contribution is -0.113. The molecule has 2 saturated heterocycles. The smallest absolute Gasteiger partial charge is 0.414 e. The summed E-state index contributed by atoms with van der Waals surface area (Å²) in [6.07, 6.45) is 2.48. The number of cyclic esters (lactones) is 1. The van der Waals surface area contributed by atoms with Crippen LogP contribution < -0.4 is 26.4 Å². The van der Waals surface area contributed by atoms with Crippen molar-refractivity contribution in [3.05, 3.63) is 57.2 Å². The summed E-state index contributed by atoms with van der Waals surface area (Å²) in [5.74, 6) is 0.311. The van der Waals surface area contributed by atoms with E-state index in [1.165, 1.54) is 16.3 Å². The summed E-state index contributed by atoms with van der Waals surface area (Å²) >= 11 is 1.46. The number of aromatic nitrogens is 2. The first-order valence-corrected chi connectivity index (χ1v) is 13.5. The highest BCUT2D eigenvalue weighted by Gasteiger charge is 2.32. The molecule has 4 heterocycles. The zero-order valence-electron chi connectivity index (χ0n) is 20.2. The average molecular weight is 522 g/mol. The summed E-state index contributed by atoms with van der Waals surface area (Å²) in [5.41, 5.74) is 2.14. The number of rotatable bonds is 6. The van der Waals surface area contributed by atoms with Gasteiger partial charge in [0.05, 0.1) is 28.9 Å². The van der Waals surface area contributed by atoms with Gasteiger partial charge in [0.25, 0.3) is 5.56 Å². The lowest BCUT2D eigenvalue weighted by Gasteiger charge is -2.20. The number of benzene rings is 2. The van der Waals surface area contributed by atoms with Gasteiger partial charge in [0.2, 0.25) is 5.91 Å². The molecule has 0 aliphatic carbocycles. The highest BCUT2D eigenvalue weighted by molar-refractivity contribution is 8.00. The molecule has 3 aliphatic rings. The molecule has 3 aliphatic heterocycles. The van der Waals surface area contributed by atoms with E-state index in [9.17, 15) is 19.2 Å². The van der Waals surface area contributed by atoms with Gasteiger partial charge in [-0.2, -0.15) is 0 Å². The molecule has 3 aromatic rings. The number of anilines is 3. The Morgan fingerprint density at radius 1 is 1.00 bits per heavy atom. The number of nitrogens with zero attached hydrogens (tertiary/aromatic N) is 3. The van der Waals surface area contributed by atoms with E-state index in [4.69, 9.17) is 4.74 Å². The minimum atomic E-state index is -0.449. The second-order valence-electron chi connectivity index (χ2n) is 9.59. The second kappa shape index (κ2) is 9.62. The summed E-state index contributed by atoms with van der Waals surface area (Å²) in [5, 5.41) is 3.34. The van der Waals surface area contributed by atoms with Crippen molar-refractivity contribution in [3.63, 3.8) is 0 Å². The standard InChI is InChI=1S/C26H27N5O5S/c32-23-15-37-22-8-6-17(13-21(22)27-23)31-14-18(36-26(31)35)4-3-11-30-24(33)19-12-16(29-9-1-2-10-29)5-7-20(19)28-25(30)34/h5-8,12-13,18H,1-4,9-11,14-15H2,(H,27,32)(H,28,34)/t18-/m0/s1. The third-order valence-electron chi connectivity index (χ3n) is 7.13. The number of nitrogens with one attached hydrogen (secondary N) is 2. The Labute approximate surface area is 216 Å². The topological polar surface area (TPSA) is 117 Å². The van der Waals surface area contributed by atoms with Crippen molar-refractivity contribution in [2.24, 2.45) is 0 Å². The number of amides is 2. The number of aromatic amines is 1. The van der Waals surface area contributed by atoms with Gasteiger partial charge in [-0.3, -0.25) is 19.1 Å². The number of fused-ring (bicyclic) bond motifs is 2. The first-order valence-electron chi connectivity index (χ1n) is 12.5. The molecule has 0 spiro atoms. The van der Waals surface area contributed by atoms with Gasteiger partial charge in [-0.25, -0.2) is 9.59 Å². The number of thioether (sulfide) groups is 1. The Balaban J connectivity index is 1.13. The first kappa shape index (κ1) is 23.7. The molecule has 0 unspecified atom stereocenters. The molecule has 37 heavy (non-hydrogen) atoms. The Hall–Kier alpha value is -3.73. The predicted octanol–water partition coefficient (Wildman–Crippen LogP) is 3.14. The van der Waals surface area contributed by atoms with Crippen LogP contribution in [0.3, 0.4) is 0 Å². The number of hydrogen-bond donors (Lipinski definition) is 2. The van der Waals surface area contributed by atoms with Crippen LogP contribution in [0, 0.1) is 0 Å². The van der Waals surface area contributed by atoms with E-state index in [-0.39, 0.29) is 24.1 Å². The van der Waals surface area contributed by atoms with Gasteiger partial charge >= 0.3 is 11.8 Å². The van der Waals surface area contributed by atoms with Gasteiger partial charge in [0, 0.05) is 35.9 Å². The predicted molar refractivity (Wildman–Crippen MR) is 143 cm³/mol. The van der Waals surface area contributed by atoms with Crippen molar-refractivity contribution in [2.75, 3.05) is 40.5 Å². The Morgan fingerprint density at radius 2 is 1.81 bits per heavy atom. The molecule has 192 valence electrons. The summed E-state index contributed by atoms with van der Waals surface area (Å²) in [7, 11) is 0. The van der Waals surface area contributed by atoms with E-state index >= 15 is 0 Å². The highest BCUT2D eigenvalue weighted by Crippen LogP contribution is 2.35. The molecule has 6 rings (SSSR count). The Kier molecular flexibility index (Phi) is 6.15. The lowest BCUT2D eigenvalue weighted by Crippen LogP contribution is -2.35. The fourth-order valence-corrected chi connectivity index (χ4v) is 6.00. The monoisotopic (exact) mass is 521 g/mol. The summed E-state index contributed by atoms with van der Waals surface area (Å²) in [4.78, 5) is 57.6. The number of carbonyl (C=O) groups excluding carboxylic acids is 2. The number of carbonyl (C=O) groups is 2. The van der Waals surface area contributed by atoms with Gasteiger partial charge in [-0.15, -0.1) is 11.8 Å². The average Bonchev–Trinajstić information content (AvgIpc) is 3.55. The SMILES string of the molecule is O=C1CSc2ccc(N3C[C@H](CCCn4c(=O)[nH]c5ccc(N6CCCC6)cc5c4=O)OC3=O)cc2N1. The summed E-state index contributed by atoms with van der Waals surface area (Å²) in [6, 6.07) is 11.1. The molecule has 2 aromatic carbocycles. The highest BCUT2D eigenvalue weighted by atomic mass is 32.2. The summed E-state index contributed by atoms with van der Waals surface area (Å²) < 4.78 is 6.78. The van der Waals surface area contributed by atoms with E-state index in [0.717, 1.165) is 36.5 Å². The molecule has 2 fully saturated rings. The van der Waals surface area contributed by atoms with Gasteiger partial charge in [-0.05, 0) is 62.1 Å². The van der Waals surface area contributed by atoms with E-state index in [0.29, 0.717) is 47.4 Å². The lowest BCUT2D eigenvalue weighted by atomic mass is 10.1. The fraction of sp³-hybridized carbons (Fsp3) is 0.385. The maximum Gasteiger partial charge on any atom is 0.414 e. The Morgan fingerprint density at radius 3 is 2.65 bits per heavy atom. The van der Waals surface area contributed by atoms with Gasteiger partial charge in [0.1, 0.15) is 6.10 Å². The quantitative estimate of drug-likeness (QED) is 0.512. The molecular weight excluding hydrogens is 494 g/mol. The van der Waals surface area contributed by atoms with Gasteiger partial charge in [0.15, 0.2) is 0 Å². The van der Waals surface area contributed by atoms with Gasteiger partial charge < -0.3 is 19.9 Å². The fourth-order valence-electron chi connectivity index (χ4n) is 5.21. The third-order valence-corrected chi connectivity index (χ3v) is 8.20. The molecule has 1 atom stereocenters. The molecule has 0 saturated carbocycles. The van der Waals surface area contributed by atoms with Crippen molar-refractivity contribution in [2.45, 2.75) is 43.2 Å². The molecule has 10 nitrogen and oxygen atoms in total. The third kappa shape index (κ3) is 4.59. The van der Waals surface area contributed by atoms with Crippen LogP contribution in [-0.2, 0) is 16.1 Å². The van der Waals surface area contributed by atoms with Gasteiger partial charge in [-0.1, -0.05) is 0 Å². The summed E-state index contributed by atoms with van der Waals surface area (Å²) in [6.45, 7) is 2.54. The Bertz CT molecular complexity index is 1510. The first-order chi connectivity index (χ1) is 18.0. The second-order valence-corrected chi connectivity index (χ2v) is 10.6.